The van der Waals surface area contributed by atoms with Gasteiger partial charge >= 0.3 is 12.2 Å². The molecule has 4 aromatic heterocycles. The van der Waals surface area contributed by atoms with E-state index in [0.29, 0.717) is 23.4 Å². The molecule has 0 radical (unpaired) electrons. The van der Waals surface area contributed by atoms with E-state index < -0.39 is 44.0 Å². The Hall–Kier alpha value is -4.94. The average Bonchev–Trinajstić information content (AvgIpc) is 3.70. The van der Waals surface area contributed by atoms with Crippen LogP contribution < -0.4 is 10.2 Å². The summed E-state index contributed by atoms with van der Waals surface area (Å²) < 4.78 is 14.7. The molecule has 14 nitrogen and oxygen atoms in total. The molecule has 2 amide bonds. The minimum Gasteiger partial charge on any atom is -0.450 e. The number of pyridine rings is 2. The number of alkyl carbamates (subject to hydrolysis) is 1. The number of aliphatic hydroxyl groups excluding tert-OH is 1. The van der Waals surface area contributed by atoms with Crippen molar-refractivity contribution in [3.8, 4) is 28.3 Å². The third-order valence-corrected chi connectivity index (χ3v) is 10.7. The predicted octanol–water partition coefficient (Wildman–Crippen LogP) is 4.27. The zero-order valence-corrected chi connectivity index (χ0v) is 30.0. The highest BCUT2D eigenvalue weighted by Crippen LogP contribution is 2.43. The summed E-state index contributed by atoms with van der Waals surface area (Å²) >= 11 is 0. The molecule has 1 unspecified atom stereocenters. The molecule has 0 saturated carbocycles. The van der Waals surface area contributed by atoms with Gasteiger partial charge in [-0.3, -0.25) is 9.58 Å². The number of anilines is 1. The van der Waals surface area contributed by atoms with E-state index in [2.05, 4.69) is 41.2 Å². The van der Waals surface area contributed by atoms with Crippen LogP contribution in [0.4, 0.5) is 15.4 Å². The van der Waals surface area contributed by atoms with Crippen LogP contribution in [0.25, 0.3) is 27.8 Å². The minimum absolute atomic E-state index is 0.0444. The van der Waals surface area contributed by atoms with Crippen molar-refractivity contribution in [2.24, 2.45) is 7.05 Å². The first-order valence-electron chi connectivity index (χ1n) is 16.3. The number of nitrogens with zero attached hydrogens (tertiary/aromatic N) is 8. The van der Waals surface area contributed by atoms with Gasteiger partial charge in [0.2, 0.25) is 0 Å². The second-order valence-corrected chi connectivity index (χ2v) is 20.7. The van der Waals surface area contributed by atoms with Crippen LogP contribution in [0.3, 0.4) is 0 Å². The SMILES string of the molecule is Cn1cc(-c2cc(-c3ccc(N4C[C@H]5[C@@H]4C(CO)(NC(=O)OCC[Si](C)(C)C)CN5C(=O)OC(C)(C)C)nc3)c3c(C#N)cnn3c2)cn1. The summed E-state index contributed by atoms with van der Waals surface area (Å²) in [5.41, 5.74) is 2.48. The van der Waals surface area contributed by atoms with E-state index in [1.807, 2.05) is 42.5 Å². The predicted molar refractivity (Wildman–Crippen MR) is 186 cm³/mol. The van der Waals surface area contributed by atoms with E-state index in [4.69, 9.17) is 14.5 Å². The topological polar surface area (TPSA) is 163 Å². The van der Waals surface area contributed by atoms with Crippen LogP contribution in [0.5, 0.6) is 0 Å². The van der Waals surface area contributed by atoms with Gasteiger partial charge in [-0.15, -0.1) is 0 Å². The molecule has 6 heterocycles. The fraction of sp³-hybridized carbons (Fsp3) is 0.471. The maximum atomic E-state index is 13.3. The number of aromatic nitrogens is 5. The molecule has 0 spiro atoms. The van der Waals surface area contributed by atoms with Crippen molar-refractivity contribution in [3.63, 3.8) is 0 Å². The summed E-state index contributed by atoms with van der Waals surface area (Å²) in [6, 6.07) is 7.99. The van der Waals surface area contributed by atoms with Gasteiger partial charge in [-0.05, 0) is 45.0 Å². The highest BCUT2D eigenvalue weighted by Gasteiger charge is 2.64. The van der Waals surface area contributed by atoms with Crippen LogP contribution in [-0.2, 0) is 16.5 Å². The highest BCUT2D eigenvalue weighted by molar-refractivity contribution is 6.76. The molecule has 2 aliphatic rings. The van der Waals surface area contributed by atoms with Crippen molar-refractivity contribution >= 4 is 31.6 Å². The monoisotopic (exact) mass is 685 g/mol. The van der Waals surface area contributed by atoms with Crippen molar-refractivity contribution in [2.45, 2.75) is 69.7 Å². The first-order valence-corrected chi connectivity index (χ1v) is 20.0. The molecule has 4 aromatic rings. The molecule has 2 N–H and O–H groups in total. The van der Waals surface area contributed by atoms with E-state index in [-0.39, 0.29) is 19.2 Å². The van der Waals surface area contributed by atoms with Crippen molar-refractivity contribution in [2.75, 3.05) is 31.2 Å². The third-order valence-electron chi connectivity index (χ3n) is 8.97. The lowest BCUT2D eigenvalue weighted by molar-refractivity contribution is 0.0189. The number of hydrogen-bond acceptors (Lipinski definition) is 10. The Balaban J connectivity index is 1.31. The average molecular weight is 686 g/mol. The Kier molecular flexibility index (Phi) is 8.66. The maximum absolute atomic E-state index is 13.3. The number of carbonyl (C=O) groups excluding carboxylic acids is 2. The first-order chi connectivity index (χ1) is 23.1. The lowest BCUT2D eigenvalue weighted by Crippen LogP contribution is -2.73. The van der Waals surface area contributed by atoms with Crippen molar-refractivity contribution in [1.29, 1.82) is 5.26 Å². The Bertz CT molecular complexity index is 1920. The second kappa shape index (κ2) is 12.5. The summed E-state index contributed by atoms with van der Waals surface area (Å²) in [5.74, 6) is 0.608. The van der Waals surface area contributed by atoms with Crippen LogP contribution in [0.15, 0.2) is 49.2 Å². The summed E-state index contributed by atoms with van der Waals surface area (Å²) in [4.78, 5) is 34.8. The number of ether oxygens (including phenoxy) is 2. The molecule has 2 saturated heterocycles. The molecule has 0 aromatic carbocycles. The van der Waals surface area contributed by atoms with Crippen LogP contribution in [-0.4, -0.2) is 104 Å². The number of likely N-dealkylation sites (tertiary alicyclic amines) is 1. The molecule has 2 fully saturated rings. The molecule has 15 heteroatoms. The number of amides is 2. The standard InChI is InChI=1S/C34H43N9O5Si/c1-33(2,3)48-32(46)42-20-34(21-44,39-31(45)47-10-11-49(5,6)7)30-27(42)19-41(30)28-9-8-22(14-36-28)26-12-23(25-16-37-40(4)17-25)18-43-29(26)24(13-35)15-38-43/h8-9,12,14-18,27,30,44H,10-11,19-21H2,1-7H3,(H,39,45)/t27-,30+,34?/m0/s1. The quantitative estimate of drug-likeness (QED) is 0.256. The molecule has 0 aliphatic carbocycles. The van der Waals surface area contributed by atoms with E-state index in [1.54, 1.807) is 53.5 Å². The first kappa shape index (κ1) is 33.9. The van der Waals surface area contributed by atoms with E-state index in [1.165, 1.54) is 0 Å². The van der Waals surface area contributed by atoms with Crippen LogP contribution in [0.2, 0.25) is 25.7 Å². The molecule has 6 rings (SSSR count). The van der Waals surface area contributed by atoms with Gasteiger partial charge in [0.15, 0.2) is 0 Å². The Labute approximate surface area is 286 Å². The lowest BCUT2D eigenvalue weighted by atomic mass is 9.83. The molecule has 0 bridgehead atoms. The number of fused-ring (bicyclic) bond motifs is 2. The van der Waals surface area contributed by atoms with Gasteiger partial charge in [-0.25, -0.2) is 19.1 Å². The Morgan fingerprint density at radius 3 is 2.51 bits per heavy atom. The smallest absolute Gasteiger partial charge is 0.410 e. The summed E-state index contributed by atoms with van der Waals surface area (Å²) in [6.45, 7) is 12.3. The Morgan fingerprint density at radius 1 is 1.12 bits per heavy atom. The molecular formula is C34H43N9O5Si. The fourth-order valence-electron chi connectivity index (χ4n) is 6.54. The largest absolute Gasteiger partial charge is 0.450 e. The maximum Gasteiger partial charge on any atom is 0.410 e. The van der Waals surface area contributed by atoms with Gasteiger partial charge in [0.1, 0.15) is 23.0 Å². The number of aliphatic hydroxyl groups is 1. The van der Waals surface area contributed by atoms with E-state index >= 15 is 0 Å². The number of rotatable bonds is 8. The van der Waals surface area contributed by atoms with Gasteiger partial charge in [0, 0.05) is 62.5 Å². The molecule has 49 heavy (non-hydrogen) atoms. The Morgan fingerprint density at radius 2 is 1.90 bits per heavy atom. The molecule has 258 valence electrons. The fourth-order valence-corrected chi connectivity index (χ4v) is 7.26. The number of aryl methyl sites for hydroxylation is 1. The van der Waals surface area contributed by atoms with Gasteiger partial charge < -0.3 is 24.8 Å². The molecule has 2 aliphatic heterocycles. The lowest BCUT2D eigenvalue weighted by Gasteiger charge is -2.51. The van der Waals surface area contributed by atoms with Crippen LogP contribution >= 0.6 is 0 Å². The molecular weight excluding hydrogens is 643 g/mol. The summed E-state index contributed by atoms with van der Waals surface area (Å²) in [7, 11) is 0.407. The van der Waals surface area contributed by atoms with Crippen molar-refractivity contribution in [3.05, 3.63) is 54.7 Å². The van der Waals surface area contributed by atoms with Gasteiger partial charge in [0.05, 0.1) is 55.3 Å². The van der Waals surface area contributed by atoms with Crippen molar-refractivity contribution in [1.82, 2.24) is 34.6 Å². The van der Waals surface area contributed by atoms with Gasteiger partial charge in [0.25, 0.3) is 0 Å². The third kappa shape index (κ3) is 6.70. The normalized spacial score (nSPS) is 20.5. The van der Waals surface area contributed by atoms with Crippen LogP contribution in [0, 0.1) is 11.3 Å². The summed E-state index contributed by atoms with van der Waals surface area (Å²) in [5, 5.41) is 32.3. The second-order valence-electron chi connectivity index (χ2n) is 15.1. The van der Waals surface area contributed by atoms with Crippen molar-refractivity contribution < 1.29 is 24.2 Å². The summed E-state index contributed by atoms with van der Waals surface area (Å²) in [6.07, 6.45) is 7.67. The van der Waals surface area contributed by atoms with Gasteiger partial charge in [-0.2, -0.15) is 15.5 Å². The van der Waals surface area contributed by atoms with E-state index in [0.717, 1.165) is 28.3 Å². The zero-order valence-electron chi connectivity index (χ0n) is 29.0. The van der Waals surface area contributed by atoms with Gasteiger partial charge in [-0.1, -0.05) is 19.6 Å². The number of nitrogens with one attached hydrogen (secondary N) is 1. The van der Waals surface area contributed by atoms with E-state index in [9.17, 15) is 20.0 Å². The highest BCUT2D eigenvalue weighted by atomic mass is 28.3. The number of hydrogen-bond donors (Lipinski definition) is 2. The zero-order chi connectivity index (χ0) is 35.3. The molecule has 3 atom stereocenters. The number of nitriles is 1. The minimum atomic E-state index is -1.44. The van der Waals surface area contributed by atoms with Crippen LogP contribution in [0.1, 0.15) is 26.3 Å². The number of carbonyl (C=O) groups is 2.